The maximum absolute atomic E-state index is 13.5. The maximum atomic E-state index is 13.5. The summed E-state index contributed by atoms with van der Waals surface area (Å²) in [6.07, 6.45) is 2.37. The van der Waals surface area contributed by atoms with Crippen LogP contribution in [0.15, 0.2) is 28.9 Å². The number of halogens is 2. The third-order valence-corrected chi connectivity index (χ3v) is 3.90. The topological polar surface area (TPSA) is 50.9 Å². The molecule has 0 saturated carbocycles. The summed E-state index contributed by atoms with van der Waals surface area (Å²) in [6, 6.07) is 4.96. The van der Waals surface area contributed by atoms with Gasteiger partial charge in [0.2, 0.25) is 0 Å². The highest BCUT2D eigenvalue weighted by Gasteiger charge is 2.04. The van der Waals surface area contributed by atoms with Crippen LogP contribution in [0.1, 0.15) is 10.4 Å². The van der Waals surface area contributed by atoms with Gasteiger partial charge < -0.3 is 11.1 Å². The maximum Gasteiger partial charge on any atom is 0.182 e. The lowest BCUT2D eigenvalue weighted by molar-refractivity contribution is 0.610. The van der Waals surface area contributed by atoms with Gasteiger partial charge >= 0.3 is 0 Å². The summed E-state index contributed by atoms with van der Waals surface area (Å²) in [7, 11) is 0. The first-order valence-corrected chi connectivity index (χ1v) is 7.12. The van der Waals surface area contributed by atoms with E-state index in [0.717, 1.165) is 14.5 Å². The highest BCUT2D eigenvalue weighted by molar-refractivity contribution is 9.10. The Morgan fingerprint density at radius 1 is 1.44 bits per heavy atom. The van der Waals surface area contributed by atoms with Gasteiger partial charge in [0.15, 0.2) is 5.13 Å². The quantitative estimate of drug-likeness (QED) is 0.885. The van der Waals surface area contributed by atoms with Gasteiger partial charge in [-0.3, -0.25) is 0 Å². The second-order valence-corrected chi connectivity index (χ2v) is 5.78. The summed E-state index contributed by atoms with van der Waals surface area (Å²) < 4.78 is 14.4. The molecule has 1 aromatic carbocycles. The number of benzene rings is 1. The van der Waals surface area contributed by atoms with Crippen LogP contribution in [0, 0.1) is 5.82 Å². The molecule has 96 valence electrons. The third kappa shape index (κ3) is 3.51. The molecule has 0 saturated heterocycles. The largest absolute Gasteiger partial charge is 0.361 e. The van der Waals surface area contributed by atoms with Crippen LogP contribution in [-0.2, 0) is 13.0 Å². The van der Waals surface area contributed by atoms with Crippen LogP contribution < -0.4 is 11.1 Å². The molecule has 2 rings (SSSR count). The standard InChI is InChI=1S/C12H13BrFN3S/c13-9-1-2-11(14)8(5-9)3-4-16-12-17-7-10(6-15)18-12/h1-2,5,7H,3-4,6,15H2,(H,16,17). The number of hydrogen-bond acceptors (Lipinski definition) is 4. The van der Waals surface area contributed by atoms with E-state index in [-0.39, 0.29) is 5.82 Å². The lowest BCUT2D eigenvalue weighted by atomic mass is 10.1. The van der Waals surface area contributed by atoms with E-state index in [1.807, 2.05) is 0 Å². The van der Waals surface area contributed by atoms with Crippen LogP contribution in [-0.4, -0.2) is 11.5 Å². The van der Waals surface area contributed by atoms with E-state index < -0.39 is 0 Å². The van der Waals surface area contributed by atoms with Crippen molar-refractivity contribution in [2.75, 3.05) is 11.9 Å². The predicted molar refractivity (Wildman–Crippen MR) is 76.3 cm³/mol. The Morgan fingerprint density at radius 3 is 3.00 bits per heavy atom. The minimum absolute atomic E-state index is 0.179. The van der Waals surface area contributed by atoms with Crippen LogP contribution in [0.3, 0.4) is 0 Å². The molecule has 0 radical (unpaired) electrons. The first kappa shape index (κ1) is 13.5. The summed E-state index contributed by atoms with van der Waals surface area (Å²) in [5.41, 5.74) is 6.19. The number of anilines is 1. The van der Waals surface area contributed by atoms with Crippen molar-refractivity contribution < 1.29 is 4.39 Å². The Labute approximate surface area is 117 Å². The zero-order valence-electron chi connectivity index (χ0n) is 9.62. The first-order chi connectivity index (χ1) is 8.69. The zero-order chi connectivity index (χ0) is 13.0. The van der Waals surface area contributed by atoms with Crippen molar-refractivity contribution in [3.63, 3.8) is 0 Å². The monoisotopic (exact) mass is 329 g/mol. The van der Waals surface area contributed by atoms with Crippen molar-refractivity contribution >= 4 is 32.4 Å². The highest BCUT2D eigenvalue weighted by Crippen LogP contribution is 2.18. The number of nitrogens with zero attached hydrogens (tertiary/aromatic N) is 1. The molecule has 0 bridgehead atoms. The number of rotatable bonds is 5. The summed E-state index contributed by atoms with van der Waals surface area (Å²) >= 11 is 4.86. The molecule has 3 N–H and O–H groups in total. The minimum atomic E-state index is -0.179. The van der Waals surface area contributed by atoms with E-state index in [1.165, 1.54) is 17.4 Å². The van der Waals surface area contributed by atoms with E-state index in [4.69, 9.17) is 5.73 Å². The minimum Gasteiger partial charge on any atom is -0.361 e. The number of hydrogen-bond donors (Lipinski definition) is 2. The molecule has 18 heavy (non-hydrogen) atoms. The molecule has 0 atom stereocenters. The number of nitrogens with two attached hydrogens (primary N) is 1. The Kier molecular flexibility index (Phi) is 4.68. The summed E-state index contributed by atoms with van der Waals surface area (Å²) in [6.45, 7) is 1.14. The summed E-state index contributed by atoms with van der Waals surface area (Å²) in [5, 5.41) is 3.99. The molecule has 1 heterocycles. The molecular formula is C12H13BrFN3S. The predicted octanol–water partition coefficient (Wildman–Crippen LogP) is 3.16. The van der Waals surface area contributed by atoms with Crippen LogP contribution >= 0.6 is 27.3 Å². The van der Waals surface area contributed by atoms with Crippen molar-refractivity contribution in [2.24, 2.45) is 5.73 Å². The molecular weight excluding hydrogens is 317 g/mol. The van der Waals surface area contributed by atoms with Gasteiger partial charge in [0, 0.05) is 28.6 Å². The Balaban J connectivity index is 1.90. The molecule has 1 aromatic heterocycles. The first-order valence-electron chi connectivity index (χ1n) is 5.51. The van der Waals surface area contributed by atoms with Gasteiger partial charge in [-0.15, -0.1) is 11.3 Å². The number of nitrogens with one attached hydrogen (secondary N) is 1. The average molecular weight is 330 g/mol. The van der Waals surface area contributed by atoms with Gasteiger partial charge in [0.1, 0.15) is 5.82 Å². The highest BCUT2D eigenvalue weighted by atomic mass is 79.9. The van der Waals surface area contributed by atoms with Crippen molar-refractivity contribution in [3.8, 4) is 0 Å². The second-order valence-electron chi connectivity index (χ2n) is 3.75. The van der Waals surface area contributed by atoms with Gasteiger partial charge in [0.05, 0.1) is 0 Å². The van der Waals surface area contributed by atoms with Crippen LogP contribution in [0.2, 0.25) is 0 Å². The summed E-state index contributed by atoms with van der Waals surface area (Å²) in [5.74, 6) is -0.179. The third-order valence-electron chi connectivity index (χ3n) is 2.43. The van der Waals surface area contributed by atoms with E-state index in [2.05, 4.69) is 26.2 Å². The molecule has 2 aromatic rings. The fraction of sp³-hybridized carbons (Fsp3) is 0.250. The molecule has 0 aliphatic heterocycles. The molecule has 0 spiro atoms. The van der Waals surface area contributed by atoms with Gasteiger partial charge in [-0.25, -0.2) is 9.37 Å². The fourth-order valence-electron chi connectivity index (χ4n) is 1.52. The van der Waals surface area contributed by atoms with Gasteiger partial charge in [0.25, 0.3) is 0 Å². The molecule has 3 nitrogen and oxygen atoms in total. The van der Waals surface area contributed by atoms with Gasteiger partial charge in [-0.2, -0.15) is 0 Å². The smallest absolute Gasteiger partial charge is 0.182 e. The van der Waals surface area contributed by atoms with Crippen molar-refractivity contribution in [2.45, 2.75) is 13.0 Å². The summed E-state index contributed by atoms with van der Waals surface area (Å²) in [4.78, 5) is 5.22. The van der Waals surface area contributed by atoms with Gasteiger partial charge in [-0.05, 0) is 30.2 Å². The van der Waals surface area contributed by atoms with E-state index in [9.17, 15) is 4.39 Å². The lowest BCUT2D eigenvalue weighted by Crippen LogP contribution is -2.05. The Bertz CT molecular complexity index is 530. The lowest BCUT2D eigenvalue weighted by Gasteiger charge is -2.05. The Morgan fingerprint density at radius 2 is 2.28 bits per heavy atom. The van der Waals surface area contributed by atoms with Crippen molar-refractivity contribution in [1.29, 1.82) is 0 Å². The SMILES string of the molecule is NCc1cnc(NCCc2cc(Br)ccc2F)s1. The fourth-order valence-corrected chi connectivity index (χ4v) is 2.65. The normalized spacial score (nSPS) is 10.6. The molecule has 0 aliphatic rings. The number of thiazole rings is 1. The molecule has 0 fully saturated rings. The Hall–Kier alpha value is -0.980. The average Bonchev–Trinajstić information content (AvgIpc) is 2.81. The van der Waals surface area contributed by atoms with E-state index in [1.54, 1.807) is 18.3 Å². The van der Waals surface area contributed by atoms with Crippen molar-refractivity contribution in [3.05, 3.63) is 45.1 Å². The van der Waals surface area contributed by atoms with E-state index in [0.29, 0.717) is 25.1 Å². The molecule has 0 aliphatic carbocycles. The second kappa shape index (κ2) is 6.26. The molecule has 0 unspecified atom stereocenters. The van der Waals surface area contributed by atoms with Crippen LogP contribution in [0.25, 0.3) is 0 Å². The van der Waals surface area contributed by atoms with Crippen LogP contribution in [0.5, 0.6) is 0 Å². The molecule has 0 amide bonds. The van der Waals surface area contributed by atoms with Crippen molar-refractivity contribution in [1.82, 2.24) is 4.98 Å². The molecule has 6 heteroatoms. The zero-order valence-corrected chi connectivity index (χ0v) is 12.0. The number of aromatic nitrogens is 1. The van der Waals surface area contributed by atoms with E-state index >= 15 is 0 Å². The van der Waals surface area contributed by atoms with Gasteiger partial charge in [-0.1, -0.05) is 15.9 Å². The van der Waals surface area contributed by atoms with Crippen LogP contribution in [0.4, 0.5) is 9.52 Å².